The number of aromatic nitrogens is 1. The van der Waals surface area contributed by atoms with Gasteiger partial charge in [-0.1, -0.05) is 24.8 Å². The summed E-state index contributed by atoms with van der Waals surface area (Å²) in [6, 6.07) is 21.5. The number of nitrogens with zero attached hydrogens (tertiary/aromatic N) is 3. The number of carbonyl (C=O) groups excluding carboxylic acids is 1. The smallest absolute Gasteiger partial charge is 0.254 e. The molecule has 1 saturated heterocycles. The van der Waals surface area contributed by atoms with Gasteiger partial charge in [-0.3, -0.25) is 4.79 Å². The van der Waals surface area contributed by atoms with Gasteiger partial charge in [0, 0.05) is 29.6 Å². The standard InChI is InChI=1S/C32H29N5O4/c1-3-24(31(34)36-27-11-10-23(16-20(27)2)41-22-7-4-6-21(17-22)19-33)30(38)29-18-26-25(8-5-9-28(26)35-29)32(39)37-12-14-40-15-13-37/h3-11,16-18,35,38H,1,12-15H2,2H3,(H2,34,36). The van der Waals surface area contributed by atoms with Crippen LogP contribution in [0.4, 0.5) is 5.69 Å². The van der Waals surface area contributed by atoms with Crippen LogP contribution in [-0.2, 0) is 4.74 Å². The van der Waals surface area contributed by atoms with E-state index in [9.17, 15) is 9.90 Å². The lowest BCUT2D eigenvalue weighted by Crippen LogP contribution is -2.40. The van der Waals surface area contributed by atoms with Crippen molar-refractivity contribution in [2.24, 2.45) is 10.7 Å². The molecule has 1 amide bonds. The summed E-state index contributed by atoms with van der Waals surface area (Å²) in [5, 5.41) is 21.0. The normalized spacial score (nSPS) is 14.3. The second-order valence-corrected chi connectivity index (χ2v) is 9.51. The minimum atomic E-state index is -0.141. The van der Waals surface area contributed by atoms with Gasteiger partial charge in [0.2, 0.25) is 0 Å². The van der Waals surface area contributed by atoms with Crippen molar-refractivity contribution >= 4 is 34.1 Å². The van der Waals surface area contributed by atoms with Crippen LogP contribution in [0.1, 0.15) is 27.2 Å². The van der Waals surface area contributed by atoms with Crippen LogP contribution in [-0.4, -0.2) is 53.0 Å². The third kappa shape index (κ3) is 5.83. The molecule has 0 aliphatic carbocycles. The van der Waals surface area contributed by atoms with Crippen LogP contribution in [0.5, 0.6) is 11.5 Å². The second kappa shape index (κ2) is 11.8. The molecule has 1 aliphatic rings. The molecule has 0 unspecified atom stereocenters. The van der Waals surface area contributed by atoms with E-state index in [1.54, 1.807) is 59.5 Å². The number of hydrogen-bond donors (Lipinski definition) is 3. The maximum Gasteiger partial charge on any atom is 0.254 e. The van der Waals surface area contributed by atoms with Gasteiger partial charge in [-0.25, -0.2) is 4.99 Å². The van der Waals surface area contributed by atoms with E-state index in [0.717, 1.165) is 5.56 Å². The molecule has 0 saturated carbocycles. The third-order valence-corrected chi connectivity index (χ3v) is 6.79. The summed E-state index contributed by atoms with van der Waals surface area (Å²) in [6.45, 7) is 7.78. The molecule has 3 aromatic carbocycles. The highest BCUT2D eigenvalue weighted by Gasteiger charge is 2.22. The number of carbonyl (C=O) groups is 1. The van der Waals surface area contributed by atoms with E-state index in [0.29, 0.717) is 71.2 Å². The van der Waals surface area contributed by atoms with Crippen LogP contribution in [0.25, 0.3) is 16.7 Å². The number of aliphatic hydroxyl groups is 1. The summed E-state index contributed by atoms with van der Waals surface area (Å²) in [4.78, 5) is 22.7. The Kier molecular flexibility index (Phi) is 7.85. The van der Waals surface area contributed by atoms with Crippen LogP contribution in [0.2, 0.25) is 0 Å². The van der Waals surface area contributed by atoms with Gasteiger partial charge in [0.25, 0.3) is 5.91 Å². The first-order chi connectivity index (χ1) is 19.9. The number of nitriles is 1. The van der Waals surface area contributed by atoms with Crippen molar-refractivity contribution in [2.45, 2.75) is 6.92 Å². The van der Waals surface area contributed by atoms with Crippen molar-refractivity contribution < 1.29 is 19.4 Å². The van der Waals surface area contributed by atoms with E-state index in [2.05, 4.69) is 22.6 Å². The Hall–Kier alpha value is -5.33. The highest BCUT2D eigenvalue weighted by molar-refractivity contribution is 6.09. The Morgan fingerprint density at radius 3 is 2.63 bits per heavy atom. The average molecular weight is 548 g/mol. The summed E-state index contributed by atoms with van der Waals surface area (Å²) in [5.41, 5.74) is 10.1. The van der Waals surface area contributed by atoms with E-state index in [4.69, 9.17) is 20.5 Å². The van der Waals surface area contributed by atoms with E-state index >= 15 is 0 Å². The quantitative estimate of drug-likeness (QED) is 0.116. The van der Waals surface area contributed by atoms with E-state index in [1.165, 1.54) is 6.08 Å². The maximum absolute atomic E-state index is 13.2. The van der Waals surface area contributed by atoms with E-state index in [1.807, 2.05) is 19.1 Å². The number of nitrogens with two attached hydrogens (primary N) is 1. The summed E-state index contributed by atoms with van der Waals surface area (Å²) in [6.07, 6.45) is 1.44. The molecule has 2 heterocycles. The zero-order chi connectivity index (χ0) is 28.9. The Balaban J connectivity index is 1.42. The highest BCUT2D eigenvalue weighted by atomic mass is 16.5. The largest absolute Gasteiger partial charge is 0.505 e. The molecule has 0 bridgehead atoms. The molecule has 1 fully saturated rings. The number of morpholine rings is 1. The molecule has 41 heavy (non-hydrogen) atoms. The number of nitrogens with one attached hydrogen (secondary N) is 1. The van der Waals surface area contributed by atoms with Gasteiger partial charge in [0.1, 0.15) is 23.1 Å². The molecule has 1 aromatic heterocycles. The molecule has 9 nitrogen and oxygen atoms in total. The number of fused-ring (bicyclic) bond motifs is 1. The van der Waals surface area contributed by atoms with Gasteiger partial charge >= 0.3 is 0 Å². The van der Waals surface area contributed by atoms with Gasteiger partial charge in [-0.15, -0.1) is 0 Å². The first-order valence-electron chi connectivity index (χ1n) is 13.1. The van der Waals surface area contributed by atoms with Crippen LogP contribution in [0.3, 0.4) is 0 Å². The fourth-order valence-electron chi connectivity index (χ4n) is 4.65. The molecule has 0 spiro atoms. The minimum absolute atomic E-state index is 0.0688. The van der Waals surface area contributed by atoms with Crippen molar-refractivity contribution in [1.82, 2.24) is 9.88 Å². The Bertz CT molecular complexity index is 1740. The van der Waals surface area contributed by atoms with Crippen molar-refractivity contribution in [2.75, 3.05) is 26.3 Å². The van der Waals surface area contributed by atoms with E-state index in [-0.39, 0.29) is 23.1 Å². The average Bonchev–Trinajstić information content (AvgIpc) is 3.44. The van der Waals surface area contributed by atoms with Crippen LogP contribution in [0.15, 0.2) is 90.0 Å². The molecule has 4 N–H and O–H groups in total. The monoisotopic (exact) mass is 547 g/mol. The number of hydrogen-bond acceptors (Lipinski definition) is 6. The Morgan fingerprint density at radius 2 is 1.90 bits per heavy atom. The molecule has 206 valence electrons. The summed E-state index contributed by atoms with van der Waals surface area (Å²) in [7, 11) is 0. The second-order valence-electron chi connectivity index (χ2n) is 9.51. The number of aliphatic imine (C=N–C) groups is 1. The number of amidine groups is 1. The number of rotatable bonds is 7. The van der Waals surface area contributed by atoms with Crippen molar-refractivity contribution in [1.29, 1.82) is 5.26 Å². The van der Waals surface area contributed by atoms with Crippen LogP contribution >= 0.6 is 0 Å². The fraction of sp³-hybridized carbons (Fsp3) is 0.156. The topological polar surface area (TPSA) is 137 Å². The molecule has 5 rings (SSSR count). The van der Waals surface area contributed by atoms with Gasteiger partial charge in [-0.05, 0) is 67.1 Å². The molecule has 9 heteroatoms. The third-order valence-electron chi connectivity index (χ3n) is 6.79. The number of aliphatic hydroxyl groups excluding tert-OH is 1. The molecule has 4 aromatic rings. The van der Waals surface area contributed by atoms with Gasteiger partial charge < -0.3 is 30.2 Å². The lowest BCUT2D eigenvalue weighted by molar-refractivity contribution is 0.0304. The number of H-pyrrole nitrogens is 1. The molecular formula is C32H29N5O4. The zero-order valence-corrected chi connectivity index (χ0v) is 22.6. The maximum atomic E-state index is 13.2. The molecule has 0 atom stereocenters. The predicted molar refractivity (Wildman–Crippen MR) is 158 cm³/mol. The highest BCUT2D eigenvalue weighted by Crippen LogP contribution is 2.30. The SMILES string of the molecule is C=CC(C(N)=Nc1ccc(Oc2cccc(C#N)c2)cc1C)=C(O)c1cc2c(C(=O)N3CCOCC3)cccc2[nH]1. The zero-order valence-electron chi connectivity index (χ0n) is 22.6. The summed E-state index contributed by atoms with van der Waals surface area (Å²) < 4.78 is 11.3. The fourth-order valence-corrected chi connectivity index (χ4v) is 4.65. The molecule has 1 aliphatic heterocycles. The molecular weight excluding hydrogens is 518 g/mol. The molecule has 0 radical (unpaired) electrons. The van der Waals surface area contributed by atoms with Crippen LogP contribution < -0.4 is 10.5 Å². The van der Waals surface area contributed by atoms with Gasteiger partial charge in [0.05, 0.1) is 41.8 Å². The first-order valence-corrected chi connectivity index (χ1v) is 13.1. The van der Waals surface area contributed by atoms with E-state index < -0.39 is 0 Å². The predicted octanol–water partition coefficient (Wildman–Crippen LogP) is 5.76. The lowest BCUT2D eigenvalue weighted by Gasteiger charge is -2.27. The first kappa shape index (κ1) is 27.2. The Labute approximate surface area is 237 Å². The minimum Gasteiger partial charge on any atom is -0.505 e. The van der Waals surface area contributed by atoms with Crippen molar-refractivity contribution in [3.05, 3.63) is 107 Å². The lowest BCUT2D eigenvalue weighted by atomic mass is 10.1. The number of ether oxygens (including phenoxy) is 2. The number of benzene rings is 3. The van der Waals surface area contributed by atoms with Crippen LogP contribution in [0, 0.1) is 18.3 Å². The summed E-state index contributed by atoms with van der Waals surface area (Å²) in [5.74, 6) is 0.974. The van der Waals surface area contributed by atoms with Gasteiger partial charge in [-0.2, -0.15) is 5.26 Å². The number of aromatic amines is 1. The van der Waals surface area contributed by atoms with Crippen molar-refractivity contribution in [3.8, 4) is 17.6 Å². The van der Waals surface area contributed by atoms with Gasteiger partial charge in [0.15, 0.2) is 0 Å². The summed E-state index contributed by atoms with van der Waals surface area (Å²) >= 11 is 0. The van der Waals surface area contributed by atoms with Crippen molar-refractivity contribution in [3.63, 3.8) is 0 Å². The number of aryl methyl sites for hydroxylation is 1. The number of amides is 1. The Morgan fingerprint density at radius 1 is 1.15 bits per heavy atom.